The number of aromatic nitrogens is 3. The average molecular weight is 134 g/mol. The van der Waals surface area contributed by atoms with Crippen molar-refractivity contribution in [2.75, 3.05) is 5.73 Å². The summed E-state index contributed by atoms with van der Waals surface area (Å²) in [6.07, 6.45) is 3.32. The van der Waals surface area contributed by atoms with Gasteiger partial charge in [0, 0.05) is 6.20 Å². The minimum atomic E-state index is 0.440. The number of fused-ring (bicyclic) bond motifs is 1. The Morgan fingerprint density at radius 3 is 3.30 bits per heavy atom. The van der Waals surface area contributed by atoms with Crippen molar-refractivity contribution in [2.24, 2.45) is 0 Å². The Morgan fingerprint density at radius 2 is 2.40 bits per heavy atom. The van der Waals surface area contributed by atoms with E-state index in [2.05, 4.69) is 15.0 Å². The molecule has 0 radical (unpaired) electrons. The molecule has 0 spiro atoms. The molecule has 0 aliphatic rings. The number of H-pyrrole nitrogens is 1. The zero-order valence-corrected chi connectivity index (χ0v) is 5.20. The van der Waals surface area contributed by atoms with Gasteiger partial charge in [-0.3, -0.25) is 0 Å². The highest BCUT2D eigenvalue weighted by atomic mass is 15.0. The molecule has 4 nitrogen and oxygen atoms in total. The van der Waals surface area contributed by atoms with Crippen LogP contribution in [0.1, 0.15) is 0 Å². The molecule has 2 heterocycles. The van der Waals surface area contributed by atoms with E-state index in [1.807, 2.05) is 6.07 Å². The third kappa shape index (κ3) is 0.621. The van der Waals surface area contributed by atoms with E-state index in [-0.39, 0.29) is 0 Å². The number of hydrogen-bond acceptors (Lipinski definition) is 3. The maximum absolute atomic E-state index is 5.39. The number of hydrogen-bond donors (Lipinski definition) is 2. The average Bonchev–Trinajstić information content (AvgIpc) is 2.33. The van der Waals surface area contributed by atoms with Crippen molar-refractivity contribution in [1.82, 2.24) is 15.0 Å². The molecule has 4 heteroatoms. The molecule has 3 N–H and O–H groups in total. The molecule has 2 aromatic rings. The molecule has 0 atom stereocenters. The third-order valence-corrected chi connectivity index (χ3v) is 1.28. The van der Waals surface area contributed by atoms with Gasteiger partial charge in [-0.05, 0) is 6.07 Å². The summed E-state index contributed by atoms with van der Waals surface area (Å²) < 4.78 is 0. The van der Waals surface area contributed by atoms with E-state index in [1.165, 1.54) is 6.20 Å². The summed E-state index contributed by atoms with van der Waals surface area (Å²) in [7, 11) is 0. The van der Waals surface area contributed by atoms with Crippen LogP contribution in [0, 0.1) is 0 Å². The van der Waals surface area contributed by atoms with Gasteiger partial charge < -0.3 is 10.7 Å². The van der Waals surface area contributed by atoms with Crippen LogP contribution in [0.3, 0.4) is 0 Å². The highest BCUT2D eigenvalue weighted by Gasteiger charge is 1.94. The number of nitrogens with two attached hydrogens (primary N) is 1. The Bertz CT molecular complexity index is 351. The smallest absolute Gasteiger partial charge is 0.158 e. The quantitative estimate of drug-likeness (QED) is 0.552. The molecule has 0 saturated heterocycles. The van der Waals surface area contributed by atoms with Gasteiger partial charge in [-0.2, -0.15) is 0 Å². The molecule has 0 aromatic carbocycles. The predicted molar refractivity (Wildman–Crippen MR) is 38.3 cm³/mol. The largest absolute Gasteiger partial charge is 0.382 e. The summed E-state index contributed by atoms with van der Waals surface area (Å²) in [5.74, 6) is 0.440. The molecule has 0 saturated carbocycles. The minimum Gasteiger partial charge on any atom is -0.382 e. The van der Waals surface area contributed by atoms with Crippen molar-refractivity contribution in [3.05, 3.63) is 18.5 Å². The number of nitrogens with zero attached hydrogens (tertiary/aromatic N) is 2. The van der Waals surface area contributed by atoms with Gasteiger partial charge in [0.1, 0.15) is 11.3 Å². The van der Waals surface area contributed by atoms with E-state index in [0.29, 0.717) is 5.82 Å². The molecule has 0 unspecified atom stereocenters. The van der Waals surface area contributed by atoms with E-state index in [1.54, 1.807) is 6.20 Å². The van der Waals surface area contributed by atoms with Gasteiger partial charge in [0.15, 0.2) is 5.65 Å². The summed E-state index contributed by atoms with van der Waals surface area (Å²) in [6.45, 7) is 0. The van der Waals surface area contributed by atoms with Gasteiger partial charge >= 0.3 is 0 Å². The van der Waals surface area contributed by atoms with Crippen molar-refractivity contribution in [1.29, 1.82) is 0 Å². The molecular weight excluding hydrogens is 128 g/mol. The second kappa shape index (κ2) is 1.70. The van der Waals surface area contributed by atoms with Gasteiger partial charge in [-0.1, -0.05) is 0 Å². The van der Waals surface area contributed by atoms with Crippen LogP contribution < -0.4 is 5.73 Å². The lowest BCUT2D eigenvalue weighted by atomic mass is 10.5. The summed E-state index contributed by atoms with van der Waals surface area (Å²) in [5.41, 5.74) is 6.97. The van der Waals surface area contributed by atoms with E-state index >= 15 is 0 Å². The van der Waals surface area contributed by atoms with Gasteiger partial charge in [0.2, 0.25) is 0 Å². The number of nitrogen functional groups attached to an aromatic ring is 1. The second-order valence-corrected chi connectivity index (χ2v) is 2.01. The Morgan fingerprint density at radius 1 is 1.50 bits per heavy atom. The SMILES string of the molecule is Nc1cnc2cc[nH]c2n1. The first kappa shape index (κ1) is 5.22. The maximum Gasteiger partial charge on any atom is 0.158 e. The lowest BCUT2D eigenvalue weighted by Crippen LogP contribution is -1.90. The van der Waals surface area contributed by atoms with E-state index in [4.69, 9.17) is 5.73 Å². The third-order valence-electron chi connectivity index (χ3n) is 1.28. The lowest BCUT2D eigenvalue weighted by molar-refractivity contribution is 1.27. The fraction of sp³-hybridized carbons (Fsp3) is 0. The van der Waals surface area contributed by atoms with Crippen molar-refractivity contribution < 1.29 is 0 Å². The number of anilines is 1. The molecule has 0 aliphatic carbocycles. The standard InChI is InChI=1S/C6H6N4/c7-5-3-9-4-1-2-8-6(4)10-5/h1-3H,(H3,7,8,10). The first-order valence-corrected chi connectivity index (χ1v) is 2.92. The molecule has 0 amide bonds. The monoisotopic (exact) mass is 134 g/mol. The molecule has 0 bridgehead atoms. The zero-order valence-electron chi connectivity index (χ0n) is 5.20. The minimum absolute atomic E-state index is 0.440. The van der Waals surface area contributed by atoms with Crippen molar-refractivity contribution in [3.8, 4) is 0 Å². The second-order valence-electron chi connectivity index (χ2n) is 2.01. The van der Waals surface area contributed by atoms with Gasteiger partial charge in [-0.25, -0.2) is 9.97 Å². The van der Waals surface area contributed by atoms with Crippen LogP contribution >= 0.6 is 0 Å². The summed E-state index contributed by atoms with van der Waals surface area (Å²) in [6, 6.07) is 1.85. The summed E-state index contributed by atoms with van der Waals surface area (Å²) >= 11 is 0. The van der Waals surface area contributed by atoms with Crippen molar-refractivity contribution >= 4 is 17.0 Å². The van der Waals surface area contributed by atoms with Crippen LogP contribution in [-0.2, 0) is 0 Å². The van der Waals surface area contributed by atoms with E-state index < -0.39 is 0 Å². The van der Waals surface area contributed by atoms with E-state index in [9.17, 15) is 0 Å². The lowest BCUT2D eigenvalue weighted by Gasteiger charge is -1.89. The molecule has 50 valence electrons. The van der Waals surface area contributed by atoms with Crippen LogP contribution in [0.15, 0.2) is 18.5 Å². The fourth-order valence-corrected chi connectivity index (χ4v) is 0.840. The Labute approximate surface area is 57.1 Å². The Balaban J connectivity index is 2.86. The Hall–Kier alpha value is -1.58. The van der Waals surface area contributed by atoms with Gasteiger partial charge in [0.25, 0.3) is 0 Å². The van der Waals surface area contributed by atoms with Crippen LogP contribution in [-0.4, -0.2) is 15.0 Å². The molecule has 0 fully saturated rings. The molecule has 2 aromatic heterocycles. The first-order chi connectivity index (χ1) is 4.86. The Kier molecular flexibility index (Phi) is 0.887. The summed E-state index contributed by atoms with van der Waals surface area (Å²) in [4.78, 5) is 10.9. The van der Waals surface area contributed by atoms with Crippen LogP contribution in [0.25, 0.3) is 11.2 Å². The van der Waals surface area contributed by atoms with Crippen LogP contribution in [0.4, 0.5) is 5.82 Å². The number of rotatable bonds is 0. The molecular formula is C6H6N4. The summed E-state index contributed by atoms with van der Waals surface area (Å²) in [5, 5.41) is 0. The van der Waals surface area contributed by atoms with Gasteiger partial charge in [0.05, 0.1) is 6.20 Å². The van der Waals surface area contributed by atoms with Crippen molar-refractivity contribution in [3.63, 3.8) is 0 Å². The highest BCUT2D eigenvalue weighted by molar-refractivity contribution is 5.71. The number of nitrogens with one attached hydrogen (secondary N) is 1. The van der Waals surface area contributed by atoms with E-state index in [0.717, 1.165) is 11.2 Å². The molecule has 0 aliphatic heterocycles. The maximum atomic E-state index is 5.39. The normalized spacial score (nSPS) is 10.4. The van der Waals surface area contributed by atoms with Crippen LogP contribution in [0.5, 0.6) is 0 Å². The fourth-order valence-electron chi connectivity index (χ4n) is 0.840. The number of aromatic amines is 1. The molecule has 10 heavy (non-hydrogen) atoms. The zero-order chi connectivity index (χ0) is 6.97. The highest BCUT2D eigenvalue weighted by Crippen LogP contribution is 2.06. The predicted octanol–water partition coefficient (Wildman–Crippen LogP) is 0.540. The first-order valence-electron chi connectivity index (χ1n) is 2.92. The topological polar surface area (TPSA) is 67.6 Å². The van der Waals surface area contributed by atoms with Crippen molar-refractivity contribution in [2.45, 2.75) is 0 Å². The van der Waals surface area contributed by atoms with Gasteiger partial charge in [-0.15, -0.1) is 0 Å². The van der Waals surface area contributed by atoms with Crippen LogP contribution in [0.2, 0.25) is 0 Å². The molecule has 2 rings (SSSR count).